The van der Waals surface area contributed by atoms with Crippen molar-refractivity contribution in [3.8, 4) is 0 Å². The van der Waals surface area contributed by atoms with Crippen LogP contribution >= 0.6 is 0 Å². The lowest BCUT2D eigenvalue weighted by Crippen LogP contribution is -2.51. The number of alkyl carbamates (subject to hydrolysis) is 1. The monoisotopic (exact) mass is 398 g/mol. The van der Waals surface area contributed by atoms with Crippen molar-refractivity contribution in [1.82, 2.24) is 10.6 Å². The third kappa shape index (κ3) is 8.35. The minimum Gasteiger partial charge on any atom is -0.444 e. The van der Waals surface area contributed by atoms with Gasteiger partial charge in [0.25, 0.3) is 0 Å². The van der Waals surface area contributed by atoms with Gasteiger partial charge in [-0.2, -0.15) is 0 Å². The predicted molar refractivity (Wildman–Crippen MR) is 112 cm³/mol. The molecule has 0 aromatic heterocycles. The van der Waals surface area contributed by atoms with Crippen molar-refractivity contribution in [3.05, 3.63) is 71.8 Å². The molecular formula is C23H30N2O4. The number of carbonyl (C=O) groups is 2. The second-order valence-corrected chi connectivity index (χ2v) is 7.84. The Hall–Kier alpha value is -2.86. The van der Waals surface area contributed by atoms with E-state index in [2.05, 4.69) is 10.6 Å². The van der Waals surface area contributed by atoms with E-state index in [0.29, 0.717) is 6.61 Å². The maximum Gasteiger partial charge on any atom is 0.408 e. The summed E-state index contributed by atoms with van der Waals surface area (Å²) in [6, 6.07) is 18.2. The molecule has 2 aromatic rings. The smallest absolute Gasteiger partial charge is 0.408 e. The Kier molecular flexibility index (Phi) is 8.21. The van der Waals surface area contributed by atoms with E-state index in [9.17, 15) is 9.59 Å². The molecule has 6 nitrogen and oxygen atoms in total. The van der Waals surface area contributed by atoms with E-state index in [1.54, 1.807) is 20.8 Å². The fourth-order valence-corrected chi connectivity index (χ4v) is 2.64. The third-order valence-electron chi connectivity index (χ3n) is 4.06. The molecule has 156 valence electrons. The topological polar surface area (TPSA) is 76.7 Å². The zero-order valence-electron chi connectivity index (χ0n) is 17.5. The van der Waals surface area contributed by atoms with Crippen LogP contribution in [0.3, 0.4) is 0 Å². The van der Waals surface area contributed by atoms with E-state index in [1.807, 2.05) is 67.6 Å². The van der Waals surface area contributed by atoms with Crippen LogP contribution in [-0.4, -0.2) is 30.3 Å². The van der Waals surface area contributed by atoms with Gasteiger partial charge in [0.2, 0.25) is 5.91 Å². The molecule has 0 aliphatic heterocycles. The van der Waals surface area contributed by atoms with Crippen molar-refractivity contribution in [2.45, 2.75) is 52.0 Å². The van der Waals surface area contributed by atoms with Crippen LogP contribution in [0.2, 0.25) is 0 Å². The number of carbonyl (C=O) groups excluding carboxylic acids is 2. The van der Waals surface area contributed by atoms with Crippen molar-refractivity contribution in [2.24, 2.45) is 0 Å². The Morgan fingerprint density at radius 2 is 1.52 bits per heavy atom. The van der Waals surface area contributed by atoms with E-state index >= 15 is 0 Å². The van der Waals surface area contributed by atoms with Crippen molar-refractivity contribution in [1.29, 1.82) is 0 Å². The van der Waals surface area contributed by atoms with Gasteiger partial charge in [0.05, 0.1) is 19.3 Å². The average Bonchev–Trinajstić information content (AvgIpc) is 2.67. The van der Waals surface area contributed by atoms with E-state index in [0.717, 1.165) is 11.1 Å². The summed E-state index contributed by atoms with van der Waals surface area (Å²) in [5.41, 5.74) is 1.30. The molecule has 0 heterocycles. The fraction of sp³-hybridized carbons (Fsp3) is 0.391. The highest BCUT2D eigenvalue weighted by Gasteiger charge is 2.25. The zero-order valence-corrected chi connectivity index (χ0v) is 17.5. The molecule has 6 heteroatoms. The lowest BCUT2D eigenvalue weighted by Gasteiger charge is -2.24. The molecule has 29 heavy (non-hydrogen) atoms. The molecule has 2 amide bonds. The highest BCUT2D eigenvalue weighted by molar-refractivity contribution is 5.86. The Balaban J connectivity index is 1.99. The molecule has 0 bridgehead atoms. The Labute approximate surface area is 172 Å². The summed E-state index contributed by atoms with van der Waals surface area (Å²) in [4.78, 5) is 25.0. The summed E-state index contributed by atoms with van der Waals surface area (Å²) in [5, 5.41) is 5.54. The molecule has 0 unspecified atom stereocenters. The van der Waals surface area contributed by atoms with Gasteiger partial charge in [-0.15, -0.1) is 0 Å². The van der Waals surface area contributed by atoms with Gasteiger partial charge in [-0.3, -0.25) is 4.79 Å². The molecule has 0 saturated carbocycles. The molecule has 0 saturated heterocycles. The standard InChI is InChI=1S/C23H30N2O4/c1-17(19-13-9-6-10-14-19)24-21(26)20(25-22(27)29-23(2,3)4)16-28-15-18-11-7-5-8-12-18/h5-14,17,20H,15-16H2,1-4H3,(H,24,26)(H,25,27)/t17-,20+/m1/s1. The molecule has 2 rings (SSSR count). The first-order valence-electron chi connectivity index (χ1n) is 9.71. The second-order valence-electron chi connectivity index (χ2n) is 7.84. The maximum absolute atomic E-state index is 12.8. The SMILES string of the molecule is C[C@@H](NC(=O)[C@H](COCc1ccccc1)NC(=O)OC(C)(C)C)c1ccccc1. The van der Waals surface area contributed by atoms with Crippen LogP contribution in [-0.2, 0) is 20.9 Å². The summed E-state index contributed by atoms with van der Waals surface area (Å²) < 4.78 is 11.0. The van der Waals surface area contributed by atoms with Crippen molar-refractivity contribution >= 4 is 12.0 Å². The maximum atomic E-state index is 12.8. The molecule has 0 radical (unpaired) electrons. The highest BCUT2D eigenvalue weighted by atomic mass is 16.6. The summed E-state index contributed by atoms with van der Waals surface area (Å²) in [6.07, 6.45) is -0.659. The fourth-order valence-electron chi connectivity index (χ4n) is 2.64. The molecule has 2 atom stereocenters. The van der Waals surface area contributed by atoms with Crippen LogP contribution in [0, 0.1) is 0 Å². The minimum atomic E-state index is -0.875. The molecular weight excluding hydrogens is 368 g/mol. The van der Waals surface area contributed by atoms with Gasteiger partial charge in [0.1, 0.15) is 11.6 Å². The number of amides is 2. The molecule has 2 aromatic carbocycles. The Morgan fingerprint density at radius 1 is 0.931 bits per heavy atom. The number of hydrogen-bond donors (Lipinski definition) is 2. The molecule has 0 aliphatic rings. The summed E-state index contributed by atoms with van der Waals surface area (Å²) in [7, 11) is 0. The van der Waals surface area contributed by atoms with E-state index < -0.39 is 17.7 Å². The van der Waals surface area contributed by atoms with Gasteiger partial charge in [-0.05, 0) is 38.8 Å². The van der Waals surface area contributed by atoms with Crippen LogP contribution in [0.15, 0.2) is 60.7 Å². The van der Waals surface area contributed by atoms with Gasteiger partial charge >= 0.3 is 6.09 Å². The summed E-state index contributed by atoms with van der Waals surface area (Å²) in [6.45, 7) is 7.57. The van der Waals surface area contributed by atoms with Crippen molar-refractivity contribution in [2.75, 3.05) is 6.61 Å². The summed E-state index contributed by atoms with van der Waals surface area (Å²) >= 11 is 0. The Morgan fingerprint density at radius 3 is 2.10 bits per heavy atom. The zero-order chi connectivity index (χ0) is 21.3. The van der Waals surface area contributed by atoms with Gasteiger partial charge in [0.15, 0.2) is 0 Å². The van der Waals surface area contributed by atoms with Crippen molar-refractivity contribution in [3.63, 3.8) is 0 Å². The van der Waals surface area contributed by atoms with Crippen LogP contribution in [0.5, 0.6) is 0 Å². The molecule has 0 fully saturated rings. The Bertz CT molecular complexity index is 772. The second kappa shape index (κ2) is 10.6. The highest BCUT2D eigenvalue weighted by Crippen LogP contribution is 2.12. The number of ether oxygens (including phenoxy) is 2. The lowest BCUT2D eigenvalue weighted by molar-refractivity contribution is -0.125. The third-order valence-corrected chi connectivity index (χ3v) is 4.06. The van der Waals surface area contributed by atoms with E-state index in [1.165, 1.54) is 0 Å². The van der Waals surface area contributed by atoms with Crippen LogP contribution in [0.1, 0.15) is 44.9 Å². The lowest BCUT2D eigenvalue weighted by atomic mass is 10.1. The van der Waals surface area contributed by atoms with Gasteiger partial charge in [0, 0.05) is 0 Å². The van der Waals surface area contributed by atoms with E-state index in [-0.39, 0.29) is 18.6 Å². The quantitative estimate of drug-likeness (QED) is 0.705. The normalized spacial score (nSPS) is 13.2. The molecule has 0 spiro atoms. The number of benzene rings is 2. The number of hydrogen-bond acceptors (Lipinski definition) is 4. The first kappa shape index (κ1) is 22.4. The van der Waals surface area contributed by atoms with Crippen LogP contribution in [0.25, 0.3) is 0 Å². The van der Waals surface area contributed by atoms with E-state index in [4.69, 9.17) is 9.47 Å². The summed E-state index contributed by atoms with van der Waals surface area (Å²) in [5.74, 6) is -0.333. The van der Waals surface area contributed by atoms with Crippen LogP contribution in [0.4, 0.5) is 4.79 Å². The van der Waals surface area contributed by atoms with Gasteiger partial charge in [-0.25, -0.2) is 4.79 Å². The minimum absolute atomic E-state index is 0.0292. The molecule has 0 aliphatic carbocycles. The molecule has 2 N–H and O–H groups in total. The van der Waals surface area contributed by atoms with Crippen molar-refractivity contribution < 1.29 is 19.1 Å². The predicted octanol–water partition coefficient (Wildman–Crippen LogP) is 3.97. The average molecular weight is 399 g/mol. The first-order valence-corrected chi connectivity index (χ1v) is 9.71. The van der Waals surface area contributed by atoms with Gasteiger partial charge < -0.3 is 20.1 Å². The van der Waals surface area contributed by atoms with Gasteiger partial charge in [-0.1, -0.05) is 60.7 Å². The first-order chi connectivity index (χ1) is 13.7. The van der Waals surface area contributed by atoms with Crippen LogP contribution < -0.4 is 10.6 Å². The number of rotatable bonds is 8. The number of nitrogens with one attached hydrogen (secondary N) is 2. The largest absolute Gasteiger partial charge is 0.444 e.